The Hall–Kier alpha value is -3.29. The van der Waals surface area contributed by atoms with Crippen LogP contribution in [0.3, 0.4) is 0 Å². The minimum Gasteiger partial charge on any atom is -0.490 e. The number of carbonyl (C=O) groups excluding carboxylic acids is 1. The molecule has 0 spiro atoms. The molecule has 1 amide bonds. The van der Waals surface area contributed by atoms with Gasteiger partial charge in [-0.15, -0.1) is 0 Å². The number of ether oxygens (including phenoxy) is 2. The van der Waals surface area contributed by atoms with E-state index >= 15 is 0 Å². The monoisotopic (exact) mass is 442 g/mol. The van der Waals surface area contributed by atoms with E-state index in [1.54, 1.807) is 12.1 Å². The highest BCUT2D eigenvalue weighted by Gasteiger charge is 2.12. The molecule has 172 valence electrons. The van der Waals surface area contributed by atoms with E-state index in [0.717, 1.165) is 18.5 Å². The first kappa shape index (κ1) is 23.4. The standard InChI is InChI=1S/C24H31FN4O3/c1-2-12-26-23(30)11-14-28-24(27-13-10-18-6-3-4-7-20(18)25)29-19-8-9-21-22(17-19)32-16-5-15-31-21/h3-4,6-9,17H,2,5,10-16H2,1H3,(H,26,30)(H2,27,28,29). The predicted molar refractivity (Wildman–Crippen MR) is 124 cm³/mol. The van der Waals surface area contributed by atoms with Crippen LogP contribution in [-0.2, 0) is 11.2 Å². The summed E-state index contributed by atoms with van der Waals surface area (Å²) in [5.74, 6) is 1.65. The van der Waals surface area contributed by atoms with Gasteiger partial charge in [-0.05, 0) is 36.6 Å². The Bertz CT molecular complexity index is 920. The Kier molecular flexibility index (Phi) is 9.16. The lowest BCUT2D eigenvalue weighted by Gasteiger charge is -2.15. The number of benzene rings is 2. The van der Waals surface area contributed by atoms with E-state index in [1.807, 2.05) is 31.2 Å². The third kappa shape index (κ3) is 7.44. The van der Waals surface area contributed by atoms with E-state index < -0.39 is 0 Å². The average Bonchev–Trinajstić information content (AvgIpc) is 3.04. The number of rotatable bonds is 9. The number of nitrogens with zero attached hydrogens (tertiary/aromatic N) is 1. The van der Waals surface area contributed by atoms with Crippen molar-refractivity contribution in [1.29, 1.82) is 0 Å². The first-order chi connectivity index (χ1) is 15.7. The number of fused-ring (bicyclic) bond motifs is 1. The van der Waals surface area contributed by atoms with E-state index in [-0.39, 0.29) is 11.7 Å². The summed E-state index contributed by atoms with van der Waals surface area (Å²) in [7, 11) is 0. The van der Waals surface area contributed by atoms with Crippen molar-refractivity contribution in [2.75, 3.05) is 38.2 Å². The zero-order valence-corrected chi connectivity index (χ0v) is 18.5. The fourth-order valence-corrected chi connectivity index (χ4v) is 3.16. The van der Waals surface area contributed by atoms with Crippen LogP contribution in [0.25, 0.3) is 0 Å². The molecule has 2 aromatic rings. The lowest BCUT2D eigenvalue weighted by molar-refractivity contribution is -0.120. The molecule has 3 N–H and O–H groups in total. The molecule has 8 heteroatoms. The summed E-state index contributed by atoms with van der Waals surface area (Å²) >= 11 is 0. The minimum atomic E-state index is -0.226. The molecule has 0 aromatic heterocycles. The lowest BCUT2D eigenvalue weighted by atomic mass is 10.1. The Morgan fingerprint density at radius 3 is 2.69 bits per heavy atom. The normalized spacial score (nSPS) is 13.2. The van der Waals surface area contributed by atoms with Gasteiger partial charge in [0.1, 0.15) is 5.82 Å². The highest BCUT2D eigenvalue weighted by atomic mass is 19.1. The molecule has 0 saturated carbocycles. The maximum absolute atomic E-state index is 13.9. The van der Waals surface area contributed by atoms with Gasteiger partial charge in [0.2, 0.25) is 5.91 Å². The summed E-state index contributed by atoms with van der Waals surface area (Å²) in [5, 5.41) is 9.31. The molecule has 0 bridgehead atoms. The number of anilines is 1. The van der Waals surface area contributed by atoms with Crippen LogP contribution >= 0.6 is 0 Å². The fourth-order valence-electron chi connectivity index (χ4n) is 3.16. The van der Waals surface area contributed by atoms with Gasteiger partial charge in [-0.25, -0.2) is 4.39 Å². The largest absolute Gasteiger partial charge is 0.490 e. The first-order valence-electron chi connectivity index (χ1n) is 11.1. The van der Waals surface area contributed by atoms with Gasteiger partial charge in [0.25, 0.3) is 0 Å². The van der Waals surface area contributed by atoms with Crippen molar-refractivity contribution in [3.05, 3.63) is 53.8 Å². The molecule has 0 saturated heterocycles. The molecule has 0 radical (unpaired) electrons. The molecule has 0 aliphatic carbocycles. The van der Waals surface area contributed by atoms with E-state index in [0.29, 0.717) is 68.7 Å². The van der Waals surface area contributed by atoms with E-state index in [2.05, 4.69) is 20.9 Å². The van der Waals surface area contributed by atoms with Gasteiger partial charge in [0.05, 0.1) is 19.8 Å². The molecule has 1 aliphatic heterocycles. The van der Waals surface area contributed by atoms with Crippen molar-refractivity contribution in [2.24, 2.45) is 4.99 Å². The van der Waals surface area contributed by atoms with Crippen LogP contribution in [0, 0.1) is 5.82 Å². The summed E-state index contributed by atoms with van der Waals surface area (Å²) in [6.07, 6.45) is 2.53. The van der Waals surface area contributed by atoms with Crippen LogP contribution in [0.1, 0.15) is 31.7 Å². The molecule has 3 rings (SSSR count). The molecular formula is C24H31FN4O3. The number of carbonyl (C=O) groups is 1. The SMILES string of the molecule is CCCNC(=O)CCN=C(NCCc1ccccc1F)Nc1ccc2c(c1)OCCCO2. The third-order valence-electron chi connectivity index (χ3n) is 4.84. The average molecular weight is 443 g/mol. The van der Waals surface area contributed by atoms with Gasteiger partial charge < -0.3 is 25.4 Å². The van der Waals surface area contributed by atoms with E-state index in [4.69, 9.17) is 9.47 Å². The highest BCUT2D eigenvalue weighted by Crippen LogP contribution is 2.32. The summed E-state index contributed by atoms with van der Waals surface area (Å²) < 4.78 is 25.3. The van der Waals surface area contributed by atoms with Crippen molar-refractivity contribution in [2.45, 2.75) is 32.6 Å². The zero-order chi connectivity index (χ0) is 22.6. The Balaban J connectivity index is 1.64. The second kappa shape index (κ2) is 12.5. The van der Waals surface area contributed by atoms with Crippen LogP contribution in [-0.4, -0.2) is 44.7 Å². The Labute approximate surface area is 188 Å². The molecule has 7 nitrogen and oxygen atoms in total. The summed E-state index contributed by atoms with van der Waals surface area (Å²) in [6.45, 7) is 4.71. The molecule has 0 atom stereocenters. The second-order valence-corrected chi connectivity index (χ2v) is 7.44. The van der Waals surface area contributed by atoms with Crippen molar-refractivity contribution in [3.63, 3.8) is 0 Å². The number of guanidine groups is 1. The quantitative estimate of drug-likeness (QED) is 0.409. The maximum Gasteiger partial charge on any atom is 0.221 e. The number of amides is 1. The van der Waals surface area contributed by atoms with Gasteiger partial charge in [-0.1, -0.05) is 25.1 Å². The van der Waals surface area contributed by atoms with Crippen LogP contribution < -0.4 is 25.4 Å². The predicted octanol–water partition coefficient (Wildman–Crippen LogP) is 3.50. The Morgan fingerprint density at radius 1 is 1.06 bits per heavy atom. The van der Waals surface area contributed by atoms with Gasteiger partial charge in [-0.2, -0.15) is 0 Å². The van der Waals surface area contributed by atoms with Gasteiger partial charge in [0.15, 0.2) is 17.5 Å². The number of hydrogen-bond acceptors (Lipinski definition) is 4. The zero-order valence-electron chi connectivity index (χ0n) is 18.5. The van der Waals surface area contributed by atoms with E-state index in [1.165, 1.54) is 6.07 Å². The van der Waals surface area contributed by atoms with Gasteiger partial charge in [0, 0.05) is 37.7 Å². The molecule has 2 aromatic carbocycles. The van der Waals surface area contributed by atoms with Gasteiger partial charge >= 0.3 is 0 Å². The smallest absolute Gasteiger partial charge is 0.221 e. The molecule has 1 heterocycles. The minimum absolute atomic E-state index is 0.0307. The summed E-state index contributed by atoms with van der Waals surface area (Å²) in [6, 6.07) is 12.3. The van der Waals surface area contributed by atoms with Crippen LogP contribution in [0.4, 0.5) is 10.1 Å². The van der Waals surface area contributed by atoms with Crippen molar-refractivity contribution in [1.82, 2.24) is 10.6 Å². The number of hydrogen-bond donors (Lipinski definition) is 3. The number of nitrogens with one attached hydrogen (secondary N) is 3. The molecule has 0 unspecified atom stereocenters. The van der Waals surface area contributed by atoms with E-state index in [9.17, 15) is 9.18 Å². The third-order valence-corrected chi connectivity index (χ3v) is 4.84. The van der Waals surface area contributed by atoms with Crippen molar-refractivity contribution >= 4 is 17.6 Å². The number of aliphatic imine (C=N–C) groups is 1. The molecular weight excluding hydrogens is 411 g/mol. The van der Waals surface area contributed by atoms with Gasteiger partial charge in [-0.3, -0.25) is 9.79 Å². The summed E-state index contributed by atoms with van der Waals surface area (Å²) in [5.41, 5.74) is 1.41. The van der Waals surface area contributed by atoms with Crippen LogP contribution in [0.2, 0.25) is 0 Å². The molecule has 0 fully saturated rings. The van der Waals surface area contributed by atoms with Crippen LogP contribution in [0.15, 0.2) is 47.5 Å². The first-order valence-corrected chi connectivity index (χ1v) is 11.1. The molecule has 32 heavy (non-hydrogen) atoms. The van der Waals surface area contributed by atoms with Crippen molar-refractivity contribution < 1.29 is 18.7 Å². The molecule has 1 aliphatic rings. The maximum atomic E-state index is 13.9. The fraction of sp³-hybridized carbons (Fsp3) is 0.417. The highest BCUT2D eigenvalue weighted by molar-refractivity contribution is 5.94. The number of halogens is 1. The Morgan fingerprint density at radius 2 is 1.88 bits per heavy atom. The van der Waals surface area contributed by atoms with Crippen LogP contribution in [0.5, 0.6) is 11.5 Å². The topological polar surface area (TPSA) is 84.0 Å². The lowest BCUT2D eigenvalue weighted by Crippen LogP contribution is -2.33. The summed E-state index contributed by atoms with van der Waals surface area (Å²) in [4.78, 5) is 16.4. The second-order valence-electron chi connectivity index (χ2n) is 7.44. The van der Waals surface area contributed by atoms with Crippen molar-refractivity contribution in [3.8, 4) is 11.5 Å².